The van der Waals surface area contributed by atoms with Crippen LogP contribution in [-0.4, -0.2) is 32.5 Å². The Morgan fingerprint density at radius 1 is 1.06 bits per heavy atom. The van der Waals surface area contributed by atoms with Gasteiger partial charge in [-0.05, 0) is 37.6 Å². The van der Waals surface area contributed by atoms with Gasteiger partial charge in [-0.2, -0.15) is 0 Å². The van der Waals surface area contributed by atoms with Gasteiger partial charge in [-0.15, -0.1) is 0 Å². The van der Waals surface area contributed by atoms with Crippen LogP contribution >= 0.6 is 0 Å². The Morgan fingerprint density at radius 3 is 2.22 bits per heavy atom. The van der Waals surface area contributed by atoms with E-state index in [1.807, 2.05) is 0 Å². The third kappa shape index (κ3) is 3.70. The highest BCUT2D eigenvalue weighted by Crippen LogP contribution is 2.33. The lowest BCUT2D eigenvalue weighted by atomic mass is 9.83. The number of sulfone groups is 1. The van der Waals surface area contributed by atoms with Crippen molar-refractivity contribution in [2.24, 2.45) is 11.8 Å². The second kappa shape index (κ2) is 6.38. The SMILES string of the molecule is CCNC(C1CCCCCC1)C1CCS(=O)(=O)C1. The molecule has 1 aliphatic heterocycles. The van der Waals surface area contributed by atoms with Crippen LogP contribution in [0.25, 0.3) is 0 Å². The molecule has 4 heteroatoms. The maximum atomic E-state index is 11.7. The molecule has 0 aromatic carbocycles. The van der Waals surface area contributed by atoms with Gasteiger partial charge in [-0.1, -0.05) is 32.6 Å². The smallest absolute Gasteiger partial charge is 0.150 e. The molecule has 0 bridgehead atoms. The maximum absolute atomic E-state index is 11.7. The fraction of sp³-hybridized carbons (Fsp3) is 1.00. The summed E-state index contributed by atoms with van der Waals surface area (Å²) in [7, 11) is -2.75. The Balaban J connectivity index is 2.02. The molecule has 1 saturated carbocycles. The van der Waals surface area contributed by atoms with Crippen LogP contribution < -0.4 is 5.32 Å². The summed E-state index contributed by atoms with van der Waals surface area (Å²) in [5, 5.41) is 3.60. The van der Waals surface area contributed by atoms with Crippen LogP contribution in [0.3, 0.4) is 0 Å². The van der Waals surface area contributed by atoms with Gasteiger partial charge in [0.2, 0.25) is 0 Å². The first-order valence-electron chi connectivity index (χ1n) is 7.56. The van der Waals surface area contributed by atoms with Crippen molar-refractivity contribution in [1.29, 1.82) is 0 Å². The van der Waals surface area contributed by atoms with Crippen molar-refractivity contribution >= 4 is 9.84 Å². The van der Waals surface area contributed by atoms with Crippen molar-refractivity contribution in [3.8, 4) is 0 Å². The van der Waals surface area contributed by atoms with Gasteiger partial charge in [0, 0.05) is 6.04 Å². The molecule has 0 aromatic rings. The molecular weight excluding hydrogens is 246 g/mol. The average molecular weight is 273 g/mol. The highest BCUT2D eigenvalue weighted by molar-refractivity contribution is 7.91. The zero-order valence-corrected chi connectivity index (χ0v) is 12.3. The number of nitrogens with one attached hydrogen (secondary N) is 1. The summed E-state index contributed by atoms with van der Waals surface area (Å²) in [4.78, 5) is 0. The lowest BCUT2D eigenvalue weighted by molar-refractivity contribution is 0.253. The van der Waals surface area contributed by atoms with Crippen LogP contribution in [0.5, 0.6) is 0 Å². The molecule has 106 valence electrons. The molecule has 1 saturated heterocycles. The van der Waals surface area contributed by atoms with Gasteiger partial charge in [0.15, 0.2) is 9.84 Å². The summed E-state index contributed by atoms with van der Waals surface area (Å²) < 4.78 is 23.3. The van der Waals surface area contributed by atoms with Crippen LogP contribution in [0.1, 0.15) is 51.9 Å². The molecule has 1 aliphatic carbocycles. The Hall–Kier alpha value is -0.0900. The van der Waals surface area contributed by atoms with Crippen LogP contribution in [0, 0.1) is 11.8 Å². The fourth-order valence-electron chi connectivity index (χ4n) is 3.73. The van der Waals surface area contributed by atoms with Gasteiger partial charge in [-0.25, -0.2) is 8.42 Å². The number of hydrogen-bond donors (Lipinski definition) is 1. The maximum Gasteiger partial charge on any atom is 0.150 e. The second-order valence-electron chi connectivity index (χ2n) is 6.00. The number of rotatable bonds is 4. The lowest BCUT2D eigenvalue weighted by Gasteiger charge is -2.31. The normalized spacial score (nSPS) is 31.1. The number of hydrogen-bond acceptors (Lipinski definition) is 3. The standard InChI is InChI=1S/C14H27NO2S/c1-2-15-14(12-7-5-3-4-6-8-12)13-9-10-18(16,17)11-13/h12-15H,2-11H2,1H3. The van der Waals surface area contributed by atoms with Gasteiger partial charge in [0.25, 0.3) is 0 Å². The molecule has 1 N–H and O–H groups in total. The summed E-state index contributed by atoms with van der Waals surface area (Å²) in [5.41, 5.74) is 0. The van der Waals surface area contributed by atoms with Crippen molar-refractivity contribution in [2.45, 2.75) is 57.9 Å². The molecule has 0 aromatic heterocycles. The molecule has 2 rings (SSSR count). The van der Waals surface area contributed by atoms with Crippen molar-refractivity contribution in [3.63, 3.8) is 0 Å². The molecule has 1 heterocycles. The topological polar surface area (TPSA) is 46.2 Å². The van der Waals surface area contributed by atoms with E-state index in [4.69, 9.17) is 0 Å². The summed E-state index contributed by atoms with van der Waals surface area (Å²) in [6, 6.07) is 0.436. The molecule has 0 spiro atoms. The molecule has 2 unspecified atom stereocenters. The Morgan fingerprint density at radius 2 is 1.72 bits per heavy atom. The highest BCUT2D eigenvalue weighted by atomic mass is 32.2. The van der Waals surface area contributed by atoms with Crippen LogP contribution in [-0.2, 0) is 9.84 Å². The van der Waals surface area contributed by atoms with Crippen molar-refractivity contribution < 1.29 is 8.42 Å². The zero-order chi connectivity index (χ0) is 13.0. The minimum atomic E-state index is -2.75. The molecule has 2 aliphatic rings. The van der Waals surface area contributed by atoms with E-state index in [1.54, 1.807) is 0 Å². The van der Waals surface area contributed by atoms with Crippen molar-refractivity contribution in [3.05, 3.63) is 0 Å². The predicted molar refractivity (Wildman–Crippen MR) is 75.4 cm³/mol. The molecule has 3 nitrogen and oxygen atoms in total. The van der Waals surface area contributed by atoms with E-state index in [0.717, 1.165) is 13.0 Å². The second-order valence-corrected chi connectivity index (χ2v) is 8.23. The average Bonchev–Trinajstić information content (AvgIpc) is 2.56. The van der Waals surface area contributed by atoms with E-state index < -0.39 is 9.84 Å². The van der Waals surface area contributed by atoms with Gasteiger partial charge < -0.3 is 5.32 Å². The molecule has 2 fully saturated rings. The molecule has 2 atom stereocenters. The molecule has 0 radical (unpaired) electrons. The van der Waals surface area contributed by atoms with Gasteiger partial charge >= 0.3 is 0 Å². The minimum Gasteiger partial charge on any atom is -0.314 e. The first kappa shape index (κ1) is 14.3. The molecule has 0 amide bonds. The summed E-state index contributed by atoms with van der Waals surface area (Å²) in [6.45, 7) is 3.09. The Kier molecular flexibility index (Phi) is 5.07. The lowest BCUT2D eigenvalue weighted by Crippen LogP contribution is -2.42. The summed E-state index contributed by atoms with van der Waals surface area (Å²) >= 11 is 0. The van der Waals surface area contributed by atoms with E-state index in [1.165, 1.54) is 38.5 Å². The van der Waals surface area contributed by atoms with Gasteiger partial charge in [0.05, 0.1) is 11.5 Å². The summed E-state index contributed by atoms with van der Waals surface area (Å²) in [5.74, 6) is 1.89. The van der Waals surface area contributed by atoms with Crippen molar-refractivity contribution in [1.82, 2.24) is 5.32 Å². The Labute approximate surface area is 112 Å². The summed E-state index contributed by atoms with van der Waals surface area (Å²) in [6.07, 6.45) is 8.81. The van der Waals surface area contributed by atoms with Crippen LogP contribution in [0.2, 0.25) is 0 Å². The van der Waals surface area contributed by atoms with Crippen LogP contribution in [0.4, 0.5) is 0 Å². The molecular formula is C14H27NO2S. The van der Waals surface area contributed by atoms with Gasteiger partial charge in [0.1, 0.15) is 0 Å². The molecule has 18 heavy (non-hydrogen) atoms. The fourth-order valence-corrected chi connectivity index (χ4v) is 5.59. The first-order chi connectivity index (χ1) is 8.62. The quantitative estimate of drug-likeness (QED) is 0.800. The van der Waals surface area contributed by atoms with E-state index in [2.05, 4.69) is 12.2 Å². The zero-order valence-electron chi connectivity index (χ0n) is 11.5. The third-order valence-corrected chi connectivity index (χ3v) is 6.42. The van der Waals surface area contributed by atoms with E-state index in [-0.39, 0.29) is 0 Å². The minimum absolute atomic E-state index is 0.359. The van der Waals surface area contributed by atoms with E-state index >= 15 is 0 Å². The van der Waals surface area contributed by atoms with Crippen LogP contribution in [0.15, 0.2) is 0 Å². The first-order valence-corrected chi connectivity index (χ1v) is 9.38. The highest BCUT2D eigenvalue weighted by Gasteiger charge is 2.36. The van der Waals surface area contributed by atoms with E-state index in [0.29, 0.717) is 29.4 Å². The predicted octanol–water partition coefficient (Wildman–Crippen LogP) is 2.37. The van der Waals surface area contributed by atoms with Gasteiger partial charge in [-0.3, -0.25) is 0 Å². The third-order valence-electron chi connectivity index (χ3n) is 4.62. The largest absolute Gasteiger partial charge is 0.314 e. The monoisotopic (exact) mass is 273 g/mol. The Bertz CT molecular complexity index is 345. The van der Waals surface area contributed by atoms with Crippen molar-refractivity contribution in [2.75, 3.05) is 18.1 Å². The van der Waals surface area contributed by atoms with E-state index in [9.17, 15) is 8.42 Å².